The molecular weight excluding hydrogens is 943 g/mol. The summed E-state index contributed by atoms with van der Waals surface area (Å²) in [5.74, 6) is 0. The molecule has 8 unspecified atom stereocenters. The molecule has 0 saturated heterocycles. The molecule has 0 amide bonds. The van der Waals surface area contributed by atoms with E-state index in [4.69, 9.17) is 0 Å². The Morgan fingerprint density at radius 3 is 0.419 bits per heavy atom. The van der Waals surface area contributed by atoms with Crippen molar-refractivity contribution in [1.29, 1.82) is 0 Å². The molecule has 0 fully saturated rings. The van der Waals surface area contributed by atoms with Gasteiger partial charge in [-0.15, -0.1) is 0 Å². The predicted octanol–water partition coefficient (Wildman–Crippen LogP) is -5.99. The van der Waals surface area contributed by atoms with Gasteiger partial charge in [0.05, 0.1) is 0 Å². The molecule has 195 valence electrons. The summed E-state index contributed by atoms with van der Waals surface area (Å²) in [5, 5.41) is 0. The Morgan fingerprint density at radius 1 is 0.355 bits per heavy atom. The summed E-state index contributed by atoms with van der Waals surface area (Å²) in [4.78, 5) is 74.3. The van der Waals surface area contributed by atoms with E-state index in [1.54, 1.807) is 0 Å². The molecule has 0 aromatic carbocycles. The van der Waals surface area contributed by atoms with E-state index in [1.807, 2.05) is 0 Å². The third-order valence-corrected chi connectivity index (χ3v) is 6.00. The second-order valence-electron chi connectivity index (χ2n) is 2.41. The second-order valence-corrected chi connectivity index (χ2v) is 9.67. The van der Waals surface area contributed by atoms with Crippen molar-refractivity contribution >= 4 is 66.0 Å². The standard InChI is InChI=1S/Gd.Ni.4H4O5P2.Tb/c;;4*1-6(2)5-7(3)4;/h;;4*6-7H,(H,1,2)(H,3,4);/q+3;+2;;;;;+3/p-8. The minimum absolute atomic E-state index is 0. The van der Waals surface area contributed by atoms with Gasteiger partial charge in [-0.2, -0.15) is 0 Å². The molecule has 0 rings (SSSR count). The molecule has 20 nitrogen and oxygen atoms in total. The molecule has 31 heavy (non-hydrogen) atoms. The summed E-state index contributed by atoms with van der Waals surface area (Å²) < 4.78 is 87.2. The van der Waals surface area contributed by atoms with E-state index in [-0.39, 0.29) is 95.0 Å². The van der Waals surface area contributed by atoms with Crippen LogP contribution >= 0.6 is 66.0 Å². The molecule has 0 aromatic rings. The zero-order valence-corrected chi connectivity index (χ0v) is 26.6. The molecule has 0 N–H and O–H groups in total. The first-order valence-electron chi connectivity index (χ1n) is 4.90. The molecule has 0 aliphatic heterocycles. The summed E-state index contributed by atoms with van der Waals surface area (Å²) in [6.07, 6.45) is 0. The van der Waals surface area contributed by atoms with Gasteiger partial charge in [-0.25, -0.2) is 0 Å². The van der Waals surface area contributed by atoms with Crippen LogP contribution in [0.15, 0.2) is 0 Å². The maximum Gasteiger partial charge on any atom is 3.00 e. The zero-order chi connectivity index (χ0) is 23.4. The Kier molecular flexibility index (Phi) is 61.4. The smallest absolute Gasteiger partial charge is 0.781 e. The third kappa shape index (κ3) is 86.7. The first-order valence-corrected chi connectivity index (χ1v) is 14.7. The molecule has 8 atom stereocenters. The Hall–Kier alpha value is 4.46. The van der Waals surface area contributed by atoms with E-state index >= 15 is 0 Å². The van der Waals surface area contributed by atoms with Crippen molar-refractivity contribution in [3.05, 3.63) is 0 Å². The normalized spacial score (nSPS) is 16.8. The van der Waals surface area contributed by atoms with E-state index in [9.17, 15) is 75.7 Å². The van der Waals surface area contributed by atoms with Gasteiger partial charge in [0.2, 0.25) is 0 Å². The van der Waals surface area contributed by atoms with Gasteiger partial charge in [-0.3, -0.25) is 17.2 Å². The second kappa shape index (κ2) is 36.6. The Labute approximate surface area is 250 Å². The molecule has 0 spiro atoms. The first-order chi connectivity index (χ1) is 12.5. The van der Waals surface area contributed by atoms with Gasteiger partial charge >= 0.3 is 95.0 Å². The van der Waals surface area contributed by atoms with Crippen LogP contribution in [-0.2, 0) is 70.3 Å². The van der Waals surface area contributed by atoms with Crippen LogP contribution in [0.2, 0.25) is 0 Å². The van der Waals surface area contributed by atoms with Crippen LogP contribution in [0.4, 0.5) is 0 Å². The van der Waals surface area contributed by atoms with Crippen LogP contribution in [0.3, 0.4) is 0 Å². The average Bonchev–Trinajstić information content (AvgIpc) is 2.32. The number of rotatable bonds is 8. The molecular formula is H8GdNiO20P8Tb. The van der Waals surface area contributed by atoms with Crippen molar-refractivity contribution in [2.24, 2.45) is 0 Å². The Morgan fingerprint density at radius 2 is 0.419 bits per heavy atom. The van der Waals surface area contributed by atoms with Crippen LogP contribution in [0.1, 0.15) is 0 Å². The number of hydrogen-bond acceptors (Lipinski definition) is 20. The monoisotopic (exact) mass is 951 g/mol. The Balaban J connectivity index is -0.0000000480. The minimum Gasteiger partial charge on any atom is -0.781 e. The minimum atomic E-state index is -3.51. The van der Waals surface area contributed by atoms with Gasteiger partial charge in [0.1, 0.15) is 66.0 Å². The van der Waals surface area contributed by atoms with Crippen LogP contribution in [0.25, 0.3) is 0 Å². The quantitative estimate of drug-likeness (QED) is 0.161. The summed E-state index contributed by atoms with van der Waals surface area (Å²) in [5.41, 5.74) is 0. The molecule has 0 heterocycles. The predicted molar refractivity (Wildman–Crippen MR) is 76.4 cm³/mol. The van der Waals surface area contributed by atoms with E-state index < -0.39 is 66.0 Å². The molecule has 1 radical (unpaired) electrons. The van der Waals surface area contributed by atoms with Crippen LogP contribution < -0.4 is 39.1 Å². The molecule has 0 aliphatic carbocycles. The van der Waals surface area contributed by atoms with Crippen molar-refractivity contribution in [2.45, 2.75) is 0 Å². The molecule has 0 saturated carbocycles. The molecule has 0 bridgehead atoms. The van der Waals surface area contributed by atoms with Crippen molar-refractivity contribution in [3.8, 4) is 0 Å². The maximum atomic E-state index is 9.29. The topological polar surface area (TPSA) is 358 Å². The van der Waals surface area contributed by atoms with Crippen LogP contribution in [-0.4, -0.2) is 0 Å². The molecule has 0 aromatic heterocycles. The van der Waals surface area contributed by atoms with Crippen molar-refractivity contribution in [3.63, 3.8) is 0 Å². The van der Waals surface area contributed by atoms with E-state index in [2.05, 4.69) is 17.2 Å². The first kappa shape index (κ1) is 52.0. The van der Waals surface area contributed by atoms with E-state index in [0.717, 1.165) is 0 Å². The fourth-order valence-electron chi connectivity index (χ4n) is 0.272. The Bertz CT molecular complexity index is 452. The van der Waals surface area contributed by atoms with Gasteiger partial charge < -0.3 is 75.7 Å². The third-order valence-electron chi connectivity index (χ3n) is 0.667. The largest absolute Gasteiger partial charge is 3.00 e. The van der Waals surface area contributed by atoms with Crippen LogP contribution in [0.5, 0.6) is 0 Å². The average molecular weight is 951 g/mol. The fraction of sp³-hybridized carbons (Fsp3) is 0. The zero-order valence-electron chi connectivity index (χ0n) is 13.2. The van der Waals surface area contributed by atoms with Crippen molar-refractivity contribution in [2.75, 3.05) is 0 Å². The molecule has 0 aliphatic rings. The maximum absolute atomic E-state index is 9.29. The summed E-state index contributed by atoms with van der Waals surface area (Å²) in [6, 6.07) is 0. The summed E-state index contributed by atoms with van der Waals surface area (Å²) >= 11 is 0. The van der Waals surface area contributed by atoms with Crippen molar-refractivity contribution in [1.82, 2.24) is 0 Å². The SMILES string of the molecule is O=[PH]([O-])O[PH](=O)[O-].O=[PH]([O-])O[PH](=O)[O-].O=[PH]([O-])O[PH](=O)[O-].O=[PH]([O-])O[PH](=O)[O-].[Gd+3].[Ni+2].[Tb+3]. The van der Waals surface area contributed by atoms with E-state index in [1.165, 1.54) is 0 Å². The number of hydrogen-bond donors (Lipinski definition) is 0. The van der Waals surface area contributed by atoms with Gasteiger partial charge in [0.15, 0.2) is 0 Å². The van der Waals surface area contributed by atoms with Gasteiger partial charge in [0.25, 0.3) is 0 Å². The summed E-state index contributed by atoms with van der Waals surface area (Å²) in [7, 11) is -28.1. The van der Waals surface area contributed by atoms with E-state index in [0.29, 0.717) is 0 Å². The van der Waals surface area contributed by atoms with Crippen LogP contribution in [0, 0.1) is 78.6 Å². The van der Waals surface area contributed by atoms with Crippen molar-refractivity contribution < 1.29 is 188 Å². The molecule has 31 heteroatoms. The summed E-state index contributed by atoms with van der Waals surface area (Å²) in [6.45, 7) is 0. The van der Waals surface area contributed by atoms with Gasteiger partial charge in [0, 0.05) is 0 Å². The van der Waals surface area contributed by atoms with Gasteiger partial charge in [-0.05, 0) is 0 Å². The fourth-order valence-corrected chi connectivity index (χ4v) is 2.45. The van der Waals surface area contributed by atoms with Gasteiger partial charge in [-0.1, -0.05) is 0 Å².